The maximum Gasteiger partial charge on any atom is 0.228 e. The molecular weight excluding hydrogens is 306 g/mol. The second-order valence-corrected chi connectivity index (χ2v) is 7.54. The Labute approximate surface area is 139 Å². The molecule has 6 heteroatoms. The van der Waals surface area contributed by atoms with E-state index in [1.54, 1.807) is 0 Å². The molecule has 4 rings (SSSR count). The van der Waals surface area contributed by atoms with Crippen LogP contribution in [0.4, 0.5) is 11.6 Å². The number of rotatable bonds is 3. The number of fused-ring (bicyclic) bond motifs is 3. The first-order chi connectivity index (χ1) is 11.1. The van der Waals surface area contributed by atoms with Gasteiger partial charge >= 0.3 is 0 Å². The lowest BCUT2D eigenvalue weighted by atomic mass is 9.96. The first-order valence-electron chi connectivity index (χ1n) is 8.22. The third kappa shape index (κ3) is 2.61. The molecule has 0 atom stereocenters. The molecule has 1 aliphatic rings. The summed E-state index contributed by atoms with van der Waals surface area (Å²) in [6.07, 6.45) is 8.76. The van der Waals surface area contributed by atoms with Crippen LogP contribution in [0.2, 0.25) is 0 Å². The largest absolute Gasteiger partial charge is 0.321 e. The molecular formula is C17H21N5S. The highest BCUT2D eigenvalue weighted by Gasteiger charge is 2.19. The summed E-state index contributed by atoms with van der Waals surface area (Å²) < 4.78 is 1.93. The molecule has 3 heterocycles. The van der Waals surface area contributed by atoms with E-state index in [1.807, 2.05) is 28.4 Å². The van der Waals surface area contributed by atoms with E-state index in [9.17, 15) is 0 Å². The Bertz CT molecular complexity index is 861. The number of nitrogens with zero attached hydrogens (tertiary/aromatic N) is 4. The summed E-state index contributed by atoms with van der Waals surface area (Å²) in [7, 11) is 0. The highest BCUT2D eigenvalue weighted by molar-refractivity contribution is 7.18. The van der Waals surface area contributed by atoms with Gasteiger partial charge in [-0.05, 0) is 52.0 Å². The van der Waals surface area contributed by atoms with Gasteiger partial charge in [-0.3, -0.25) is 4.68 Å². The quantitative estimate of drug-likeness (QED) is 0.774. The average molecular weight is 327 g/mol. The Balaban J connectivity index is 1.70. The van der Waals surface area contributed by atoms with Crippen molar-refractivity contribution >= 4 is 33.2 Å². The zero-order chi connectivity index (χ0) is 16.0. The molecule has 23 heavy (non-hydrogen) atoms. The molecule has 0 aliphatic heterocycles. The molecule has 0 radical (unpaired) electrons. The summed E-state index contributed by atoms with van der Waals surface area (Å²) >= 11 is 1.84. The van der Waals surface area contributed by atoms with Gasteiger partial charge in [-0.15, -0.1) is 11.3 Å². The minimum absolute atomic E-state index is 0.347. The molecule has 120 valence electrons. The lowest BCUT2D eigenvalue weighted by Crippen LogP contribution is -2.01. The standard InChI is InChI=1S/C17H21N5S/c1-10(2)22-9-12(8-18-22)20-17-19-11(3)15-13-6-4-5-7-14(13)23-16(15)21-17/h8-10H,4-7H2,1-3H3,(H,19,20,21). The molecule has 5 nitrogen and oxygen atoms in total. The minimum Gasteiger partial charge on any atom is -0.321 e. The maximum absolute atomic E-state index is 4.75. The van der Waals surface area contributed by atoms with Gasteiger partial charge in [-0.2, -0.15) is 5.10 Å². The molecule has 0 amide bonds. The van der Waals surface area contributed by atoms with Gasteiger partial charge in [0.15, 0.2) is 0 Å². The molecule has 3 aromatic rings. The van der Waals surface area contributed by atoms with Crippen LogP contribution in [0.25, 0.3) is 10.2 Å². The summed E-state index contributed by atoms with van der Waals surface area (Å²) in [6.45, 7) is 6.31. The number of anilines is 2. The van der Waals surface area contributed by atoms with Gasteiger partial charge < -0.3 is 5.32 Å². The van der Waals surface area contributed by atoms with Crippen molar-refractivity contribution in [1.29, 1.82) is 0 Å². The molecule has 0 unspecified atom stereocenters. The molecule has 0 saturated carbocycles. The number of aryl methyl sites for hydroxylation is 3. The van der Waals surface area contributed by atoms with Crippen molar-refractivity contribution in [1.82, 2.24) is 19.7 Å². The number of hydrogen-bond acceptors (Lipinski definition) is 5. The van der Waals surface area contributed by atoms with Gasteiger partial charge in [-0.1, -0.05) is 0 Å². The van der Waals surface area contributed by atoms with Crippen molar-refractivity contribution in [3.63, 3.8) is 0 Å². The van der Waals surface area contributed by atoms with Crippen molar-refractivity contribution in [2.24, 2.45) is 0 Å². The van der Waals surface area contributed by atoms with Gasteiger partial charge in [0.1, 0.15) is 4.83 Å². The zero-order valence-electron chi connectivity index (χ0n) is 13.8. The van der Waals surface area contributed by atoms with Crippen molar-refractivity contribution in [3.8, 4) is 0 Å². The molecule has 0 spiro atoms. The fourth-order valence-corrected chi connectivity index (χ4v) is 4.52. The fraction of sp³-hybridized carbons (Fsp3) is 0.471. The van der Waals surface area contributed by atoms with Crippen molar-refractivity contribution in [3.05, 3.63) is 28.5 Å². The van der Waals surface area contributed by atoms with E-state index in [1.165, 1.54) is 41.5 Å². The number of aromatic nitrogens is 4. The van der Waals surface area contributed by atoms with Gasteiger partial charge in [0.05, 0.1) is 17.6 Å². The van der Waals surface area contributed by atoms with E-state index in [0.29, 0.717) is 12.0 Å². The van der Waals surface area contributed by atoms with Crippen LogP contribution in [0.5, 0.6) is 0 Å². The van der Waals surface area contributed by atoms with Crippen molar-refractivity contribution in [2.45, 2.75) is 52.5 Å². The van der Waals surface area contributed by atoms with Crippen molar-refractivity contribution in [2.75, 3.05) is 5.32 Å². The summed E-state index contributed by atoms with van der Waals surface area (Å²) in [5.41, 5.74) is 3.50. The second kappa shape index (κ2) is 5.60. The van der Waals surface area contributed by atoms with E-state index in [0.717, 1.165) is 16.2 Å². The summed E-state index contributed by atoms with van der Waals surface area (Å²) in [6, 6.07) is 0.347. The average Bonchev–Trinajstić information content (AvgIpc) is 3.11. The number of nitrogens with one attached hydrogen (secondary N) is 1. The van der Waals surface area contributed by atoms with E-state index < -0.39 is 0 Å². The van der Waals surface area contributed by atoms with E-state index >= 15 is 0 Å². The molecule has 0 bridgehead atoms. The zero-order valence-corrected chi connectivity index (χ0v) is 14.6. The smallest absolute Gasteiger partial charge is 0.228 e. The van der Waals surface area contributed by atoms with E-state index in [2.05, 4.69) is 36.2 Å². The van der Waals surface area contributed by atoms with Crippen LogP contribution in [0.1, 0.15) is 48.9 Å². The Hall–Kier alpha value is -1.95. The highest BCUT2D eigenvalue weighted by atomic mass is 32.1. The SMILES string of the molecule is Cc1nc(Nc2cnn(C(C)C)c2)nc2sc3c(c12)CCCC3. The number of thiophene rings is 1. The molecule has 0 saturated heterocycles. The third-order valence-electron chi connectivity index (χ3n) is 4.38. The minimum atomic E-state index is 0.347. The Kier molecular flexibility index (Phi) is 3.56. The number of hydrogen-bond donors (Lipinski definition) is 1. The van der Waals surface area contributed by atoms with Crippen LogP contribution in [-0.2, 0) is 12.8 Å². The fourth-order valence-electron chi connectivity index (χ4n) is 3.21. The molecule has 1 N–H and O–H groups in total. The topological polar surface area (TPSA) is 55.6 Å². The van der Waals surface area contributed by atoms with Crippen LogP contribution >= 0.6 is 11.3 Å². The van der Waals surface area contributed by atoms with Gasteiger partial charge in [-0.25, -0.2) is 9.97 Å². The van der Waals surface area contributed by atoms with Crippen LogP contribution in [-0.4, -0.2) is 19.7 Å². The van der Waals surface area contributed by atoms with Crippen LogP contribution < -0.4 is 5.32 Å². The predicted octanol–water partition coefficient (Wildman–Crippen LogP) is 4.40. The molecule has 0 fully saturated rings. The first kappa shape index (κ1) is 14.6. The van der Waals surface area contributed by atoms with Gasteiger partial charge in [0, 0.05) is 22.5 Å². The van der Waals surface area contributed by atoms with Gasteiger partial charge in [0.2, 0.25) is 5.95 Å². The first-order valence-corrected chi connectivity index (χ1v) is 9.03. The molecule has 0 aromatic carbocycles. The Morgan fingerprint density at radius 3 is 2.83 bits per heavy atom. The highest BCUT2D eigenvalue weighted by Crippen LogP contribution is 2.37. The lowest BCUT2D eigenvalue weighted by Gasteiger charge is -2.11. The second-order valence-electron chi connectivity index (χ2n) is 6.45. The molecule has 1 aliphatic carbocycles. The van der Waals surface area contributed by atoms with E-state index in [-0.39, 0.29) is 0 Å². The normalized spacial score (nSPS) is 14.4. The van der Waals surface area contributed by atoms with Crippen LogP contribution in [0, 0.1) is 6.92 Å². The Morgan fingerprint density at radius 1 is 1.22 bits per heavy atom. The summed E-state index contributed by atoms with van der Waals surface area (Å²) in [5.74, 6) is 0.664. The van der Waals surface area contributed by atoms with E-state index in [4.69, 9.17) is 4.98 Å². The van der Waals surface area contributed by atoms with Crippen molar-refractivity contribution < 1.29 is 0 Å². The Morgan fingerprint density at radius 2 is 2.04 bits per heavy atom. The van der Waals surface area contributed by atoms with Gasteiger partial charge in [0.25, 0.3) is 0 Å². The third-order valence-corrected chi connectivity index (χ3v) is 5.57. The monoisotopic (exact) mass is 327 g/mol. The van der Waals surface area contributed by atoms with Crippen LogP contribution in [0.3, 0.4) is 0 Å². The maximum atomic E-state index is 4.75. The molecule has 3 aromatic heterocycles. The lowest BCUT2D eigenvalue weighted by molar-refractivity contribution is 0.532. The van der Waals surface area contributed by atoms with Crippen LogP contribution in [0.15, 0.2) is 12.4 Å². The summed E-state index contributed by atoms with van der Waals surface area (Å²) in [5, 5.41) is 8.93. The summed E-state index contributed by atoms with van der Waals surface area (Å²) in [4.78, 5) is 12.1. The predicted molar refractivity (Wildman–Crippen MR) is 94.7 cm³/mol.